The number of hydrogen-bond donors (Lipinski definition) is 1. The number of halogens is 1. The first-order valence-electron chi connectivity index (χ1n) is 16.3. The topological polar surface area (TPSA) is 104 Å². The van der Waals surface area contributed by atoms with Crippen molar-refractivity contribution in [3.8, 4) is 23.1 Å². The first-order valence-corrected chi connectivity index (χ1v) is 16.3. The number of likely N-dealkylation sites (tertiary alicyclic amines) is 1. The highest BCUT2D eigenvalue weighted by atomic mass is 19.1. The van der Waals surface area contributed by atoms with E-state index in [4.69, 9.17) is 14.2 Å². The molecule has 2 aromatic heterocycles. The zero-order chi connectivity index (χ0) is 33.0. The van der Waals surface area contributed by atoms with Crippen LogP contribution in [0.1, 0.15) is 38.5 Å². The Balaban J connectivity index is 1.05. The average Bonchev–Trinajstić information content (AvgIpc) is 3.83. The summed E-state index contributed by atoms with van der Waals surface area (Å²) in [6, 6.07) is 9.91. The number of carbonyl (C=O) groups is 1. The van der Waals surface area contributed by atoms with Gasteiger partial charge < -0.3 is 24.4 Å². The maximum Gasteiger partial charge on any atom is 0.245 e. The molecule has 0 spiro atoms. The van der Waals surface area contributed by atoms with Gasteiger partial charge in [0.1, 0.15) is 29.8 Å². The standard InChI is InChI=1S/C37H37FN6O4/c1-3-36(45)43-17-14-27(15-18-43)47-34-21-29-32(22-33(34)46-2)39-23-40-37(29)41-31-13-12-28(20-30(31)38)48-35-16-19-44(42-35)26-7-5-4-6-24(10-11-26)25-8-9-25/h3,5,7,10-13,16,19-23,25,27H,1,4,6,8-9,14-15,17-18H2,2H3,(H,39,40,41). The van der Waals surface area contributed by atoms with Crippen LogP contribution in [0, 0.1) is 11.7 Å². The van der Waals surface area contributed by atoms with Crippen LogP contribution in [-0.4, -0.2) is 56.9 Å². The van der Waals surface area contributed by atoms with Crippen LogP contribution in [0.25, 0.3) is 16.6 Å². The predicted molar refractivity (Wildman–Crippen MR) is 182 cm³/mol. The second kappa shape index (κ2) is 13.7. The molecule has 2 fully saturated rings. The van der Waals surface area contributed by atoms with Crippen LogP contribution < -0.4 is 19.5 Å². The Kier molecular flexibility index (Phi) is 8.91. The minimum atomic E-state index is -0.520. The lowest BCUT2D eigenvalue weighted by Gasteiger charge is -2.31. The zero-order valence-electron chi connectivity index (χ0n) is 26.8. The fraction of sp³-hybridized carbons (Fsp3) is 0.297. The Labute approximate surface area is 278 Å². The van der Waals surface area contributed by atoms with Crippen molar-refractivity contribution in [1.82, 2.24) is 24.6 Å². The normalized spacial score (nSPS) is 16.8. The van der Waals surface area contributed by atoms with E-state index < -0.39 is 5.82 Å². The predicted octanol–water partition coefficient (Wildman–Crippen LogP) is 7.59. The summed E-state index contributed by atoms with van der Waals surface area (Å²) in [6.07, 6.45) is 19.1. The number of nitrogens with zero attached hydrogens (tertiary/aromatic N) is 5. The molecule has 2 aliphatic carbocycles. The highest BCUT2D eigenvalue weighted by Gasteiger charge is 2.26. The summed E-state index contributed by atoms with van der Waals surface area (Å²) in [7, 11) is 1.57. The number of methoxy groups -OCH3 is 1. The van der Waals surface area contributed by atoms with Gasteiger partial charge in [0.25, 0.3) is 0 Å². The highest BCUT2D eigenvalue weighted by molar-refractivity contribution is 5.93. The SMILES string of the molecule is C=CC(=O)N1CCC(Oc2cc3c(Nc4ccc(Oc5ccn(C6=CC=C(C7CC7)CCC=C6)n5)cc4F)ncnc3cc2OC)CC1. The highest BCUT2D eigenvalue weighted by Crippen LogP contribution is 2.40. The summed E-state index contributed by atoms with van der Waals surface area (Å²) in [5, 5.41) is 8.30. The smallest absolute Gasteiger partial charge is 0.245 e. The van der Waals surface area contributed by atoms with Crippen molar-refractivity contribution in [2.24, 2.45) is 5.92 Å². The van der Waals surface area contributed by atoms with Crippen molar-refractivity contribution < 1.29 is 23.4 Å². The van der Waals surface area contributed by atoms with Crippen molar-refractivity contribution in [3.05, 3.63) is 97.3 Å². The molecule has 3 heterocycles. The van der Waals surface area contributed by atoms with Crippen LogP contribution in [0.15, 0.2) is 91.5 Å². The van der Waals surface area contributed by atoms with Gasteiger partial charge in [-0.2, -0.15) is 0 Å². The van der Waals surface area contributed by atoms with Crippen LogP contribution >= 0.6 is 0 Å². The monoisotopic (exact) mass is 648 g/mol. The summed E-state index contributed by atoms with van der Waals surface area (Å²) in [4.78, 5) is 22.5. The van der Waals surface area contributed by atoms with Crippen LogP contribution in [0.3, 0.4) is 0 Å². The van der Waals surface area contributed by atoms with Crippen molar-refractivity contribution >= 4 is 34.0 Å². The third-order valence-corrected chi connectivity index (χ3v) is 8.85. The van der Waals surface area contributed by atoms with E-state index in [2.05, 4.69) is 51.3 Å². The van der Waals surface area contributed by atoms with E-state index in [0.29, 0.717) is 65.8 Å². The van der Waals surface area contributed by atoms with E-state index in [1.165, 1.54) is 36.9 Å². The molecule has 1 amide bonds. The summed E-state index contributed by atoms with van der Waals surface area (Å²) in [5.74, 6) is 2.25. The van der Waals surface area contributed by atoms with Crippen molar-refractivity contribution in [2.75, 3.05) is 25.5 Å². The van der Waals surface area contributed by atoms with E-state index in [9.17, 15) is 4.79 Å². The lowest BCUT2D eigenvalue weighted by molar-refractivity contribution is -0.127. The van der Waals surface area contributed by atoms with Crippen molar-refractivity contribution in [3.63, 3.8) is 0 Å². The van der Waals surface area contributed by atoms with Gasteiger partial charge in [0.2, 0.25) is 11.8 Å². The molecule has 4 aromatic rings. The maximum atomic E-state index is 15.4. The number of rotatable bonds is 10. The van der Waals surface area contributed by atoms with Crippen LogP contribution in [0.5, 0.6) is 23.1 Å². The minimum absolute atomic E-state index is 0.0807. The number of allylic oxidation sites excluding steroid dienone is 6. The third-order valence-electron chi connectivity index (χ3n) is 8.85. The van der Waals surface area contributed by atoms with E-state index in [1.54, 1.807) is 47.0 Å². The van der Waals surface area contributed by atoms with Crippen LogP contribution in [0.2, 0.25) is 0 Å². The van der Waals surface area contributed by atoms with Crippen LogP contribution in [-0.2, 0) is 4.79 Å². The largest absolute Gasteiger partial charge is 0.493 e. The van der Waals surface area contributed by atoms with E-state index >= 15 is 4.39 Å². The van der Waals surface area contributed by atoms with Crippen molar-refractivity contribution in [2.45, 2.75) is 44.6 Å². The van der Waals surface area contributed by atoms with Gasteiger partial charge in [-0.15, -0.1) is 5.10 Å². The van der Waals surface area contributed by atoms with Gasteiger partial charge in [-0.3, -0.25) is 4.79 Å². The molecule has 2 aromatic carbocycles. The molecule has 11 heteroatoms. The number of fused-ring (bicyclic) bond motifs is 1. The molecule has 1 saturated heterocycles. The number of aromatic nitrogens is 4. The minimum Gasteiger partial charge on any atom is -0.493 e. The third kappa shape index (κ3) is 6.95. The van der Waals surface area contributed by atoms with Gasteiger partial charge in [-0.1, -0.05) is 24.3 Å². The van der Waals surface area contributed by atoms with Gasteiger partial charge in [0, 0.05) is 55.7 Å². The van der Waals surface area contributed by atoms with Gasteiger partial charge in [-0.25, -0.2) is 19.0 Å². The number of anilines is 2. The number of piperidine rings is 1. The molecule has 0 unspecified atom stereocenters. The molecule has 0 atom stereocenters. The number of carbonyl (C=O) groups excluding carboxylic acids is 1. The number of nitrogens with one attached hydrogen (secondary N) is 1. The molecule has 10 nitrogen and oxygen atoms in total. The lowest BCUT2D eigenvalue weighted by Crippen LogP contribution is -2.41. The maximum absolute atomic E-state index is 15.4. The van der Waals surface area contributed by atoms with Crippen molar-refractivity contribution in [1.29, 1.82) is 0 Å². The second-order valence-corrected chi connectivity index (χ2v) is 12.1. The molecule has 0 bridgehead atoms. The molecule has 48 heavy (non-hydrogen) atoms. The Morgan fingerprint density at radius 2 is 1.92 bits per heavy atom. The van der Waals surface area contributed by atoms with Gasteiger partial charge >= 0.3 is 0 Å². The Morgan fingerprint density at radius 1 is 1.06 bits per heavy atom. The molecule has 1 aliphatic heterocycles. The second-order valence-electron chi connectivity index (χ2n) is 12.1. The Bertz CT molecular complexity index is 1940. The number of benzene rings is 2. The molecule has 1 N–H and O–H groups in total. The fourth-order valence-electron chi connectivity index (χ4n) is 6.06. The summed E-state index contributed by atoms with van der Waals surface area (Å²) in [6.45, 7) is 4.73. The molecule has 246 valence electrons. The summed E-state index contributed by atoms with van der Waals surface area (Å²) >= 11 is 0. The lowest BCUT2D eigenvalue weighted by atomic mass is 10.0. The van der Waals surface area contributed by atoms with Gasteiger partial charge in [0.15, 0.2) is 11.5 Å². The molecule has 7 rings (SSSR count). The first kappa shape index (κ1) is 31.2. The van der Waals surface area contributed by atoms with Crippen LogP contribution in [0.4, 0.5) is 15.9 Å². The Morgan fingerprint density at radius 3 is 2.69 bits per heavy atom. The first-order chi connectivity index (χ1) is 23.5. The number of amides is 1. The summed E-state index contributed by atoms with van der Waals surface area (Å²) in [5.41, 5.74) is 3.27. The molecule has 3 aliphatic rings. The zero-order valence-corrected chi connectivity index (χ0v) is 26.8. The molecular weight excluding hydrogens is 611 g/mol. The molecule has 1 saturated carbocycles. The fourth-order valence-corrected chi connectivity index (χ4v) is 6.06. The number of ether oxygens (including phenoxy) is 3. The van der Waals surface area contributed by atoms with Gasteiger partial charge in [-0.05, 0) is 68.0 Å². The Hall–Kier alpha value is -5.45. The van der Waals surface area contributed by atoms with E-state index in [0.717, 1.165) is 24.5 Å². The molecular formula is C37H37FN6O4. The quantitative estimate of drug-likeness (QED) is 0.176. The van der Waals surface area contributed by atoms with E-state index in [-0.39, 0.29) is 17.7 Å². The number of hydrogen-bond acceptors (Lipinski definition) is 8. The van der Waals surface area contributed by atoms with Gasteiger partial charge in [0.05, 0.1) is 24.0 Å². The molecule has 0 radical (unpaired) electrons. The summed E-state index contributed by atoms with van der Waals surface area (Å²) < 4.78 is 35.1. The average molecular weight is 649 g/mol. The van der Waals surface area contributed by atoms with E-state index in [1.807, 2.05) is 6.20 Å².